The highest BCUT2D eigenvalue weighted by Gasteiger charge is 2.07. The summed E-state index contributed by atoms with van der Waals surface area (Å²) in [6.07, 6.45) is 2.99. The van der Waals surface area contributed by atoms with Gasteiger partial charge in [0.05, 0.1) is 11.4 Å². The summed E-state index contributed by atoms with van der Waals surface area (Å²) in [5, 5.41) is 5.53. The van der Waals surface area contributed by atoms with Gasteiger partial charge < -0.3 is 0 Å². The Bertz CT molecular complexity index is 735. The van der Waals surface area contributed by atoms with E-state index in [1.165, 1.54) is 17.6 Å². The van der Waals surface area contributed by atoms with Gasteiger partial charge in [-0.05, 0) is 54.9 Å². The molecule has 2 rings (SSSR count). The number of carbonyl (C=O) groups is 1. The summed E-state index contributed by atoms with van der Waals surface area (Å²) in [6.45, 7) is 1.55. The normalized spacial score (nSPS) is 11.7. The summed E-state index contributed by atoms with van der Waals surface area (Å²) in [5.41, 5.74) is 1.52. The first-order chi connectivity index (χ1) is 10.00. The molecule has 2 aromatic rings. The van der Waals surface area contributed by atoms with Gasteiger partial charge in [-0.2, -0.15) is 0 Å². The van der Waals surface area contributed by atoms with E-state index in [9.17, 15) is 13.2 Å². The first-order valence-electron chi connectivity index (χ1n) is 6.10. The van der Waals surface area contributed by atoms with Crippen molar-refractivity contribution in [2.75, 3.05) is 10.5 Å². The second-order valence-corrected chi connectivity index (χ2v) is 6.73. The maximum Gasteiger partial charge on any atom is 0.232 e. The molecular weight excluding hydrogens is 310 g/mol. The van der Waals surface area contributed by atoms with Crippen molar-refractivity contribution < 1.29 is 13.2 Å². The molecule has 0 unspecified atom stereocenters. The summed E-state index contributed by atoms with van der Waals surface area (Å²) in [4.78, 5) is 11.9. The quantitative estimate of drug-likeness (QED) is 0.650. The third kappa shape index (κ3) is 4.47. The average Bonchev–Trinajstić information content (AvgIpc) is 2.98. The molecule has 0 bridgehead atoms. The monoisotopic (exact) mass is 323 g/mol. The Balaban J connectivity index is 2.06. The Hall–Kier alpha value is -2.06. The van der Waals surface area contributed by atoms with E-state index in [-0.39, 0.29) is 11.5 Å². The molecule has 0 spiro atoms. The van der Waals surface area contributed by atoms with Crippen LogP contribution in [0.1, 0.15) is 23.0 Å². The van der Waals surface area contributed by atoms with Crippen LogP contribution in [0.3, 0.4) is 0 Å². The zero-order valence-electron chi connectivity index (χ0n) is 11.2. The first kappa shape index (κ1) is 15.3. The number of sulfonamides is 1. The molecule has 1 aromatic carbocycles. The lowest BCUT2D eigenvalue weighted by atomic mass is 10.1. The van der Waals surface area contributed by atoms with Crippen LogP contribution in [0.4, 0.5) is 5.69 Å². The molecule has 1 heterocycles. The van der Waals surface area contributed by atoms with E-state index < -0.39 is 10.0 Å². The molecule has 8 heteroatoms. The molecule has 0 amide bonds. The molecule has 0 atom stereocenters. The summed E-state index contributed by atoms with van der Waals surface area (Å²) >= 11 is 1.21. The van der Waals surface area contributed by atoms with Crippen LogP contribution in [-0.2, 0) is 10.0 Å². The number of hydrogen-bond donors (Lipinski definition) is 1. The predicted molar refractivity (Wildman–Crippen MR) is 82.8 cm³/mol. The van der Waals surface area contributed by atoms with Gasteiger partial charge >= 0.3 is 0 Å². The Morgan fingerprint density at radius 3 is 2.62 bits per heavy atom. The summed E-state index contributed by atoms with van der Waals surface area (Å²) in [5.74, 6) is -0.189. The van der Waals surface area contributed by atoms with E-state index >= 15 is 0 Å². The lowest BCUT2D eigenvalue weighted by molar-refractivity contribution is 0.104. The fraction of sp³-hybridized carbons (Fsp3) is 0.154. The molecule has 0 aliphatic heterocycles. The number of rotatable bonds is 6. The number of anilines is 1. The third-order valence-electron chi connectivity index (χ3n) is 2.61. The molecule has 1 N–H and O–H groups in total. The van der Waals surface area contributed by atoms with Crippen LogP contribution in [0.5, 0.6) is 0 Å². The zero-order valence-corrected chi connectivity index (χ0v) is 12.8. The number of aromatic nitrogens is 2. The Morgan fingerprint density at radius 2 is 2.05 bits per heavy atom. The number of allylic oxidation sites excluding steroid dienone is 1. The zero-order chi connectivity index (χ0) is 15.3. The van der Waals surface area contributed by atoms with Gasteiger partial charge in [-0.1, -0.05) is 4.49 Å². The van der Waals surface area contributed by atoms with Gasteiger partial charge in [-0.3, -0.25) is 9.52 Å². The molecule has 0 aliphatic rings. The molecule has 110 valence electrons. The Labute approximate surface area is 126 Å². The molecule has 21 heavy (non-hydrogen) atoms. The number of nitrogens with zero attached hydrogens (tertiary/aromatic N) is 2. The van der Waals surface area contributed by atoms with E-state index in [1.54, 1.807) is 42.6 Å². The van der Waals surface area contributed by atoms with Crippen molar-refractivity contribution in [3.63, 3.8) is 0 Å². The van der Waals surface area contributed by atoms with Gasteiger partial charge in [0.1, 0.15) is 0 Å². The second-order valence-electron chi connectivity index (χ2n) is 4.11. The molecule has 0 radical (unpaired) electrons. The van der Waals surface area contributed by atoms with Crippen molar-refractivity contribution in [2.45, 2.75) is 6.92 Å². The molecule has 0 saturated heterocycles. The summed E-state index contributed by atoms with van der Waals surface area (Å²) in [7, 11) is -3.31. The first-order valence-corrected chi connectivity index (χ1v) is 8.59. The molecule has 6 nitrogen and oxygen atoms in total. The minimum absolute atomic E-state index is 0.00189. The highest BCUT2D eigenvalue weighted by molar-refractivity contribution is 7.92. The smallest absolute Gasteiger partial charge is 0.232 e. The van der Waals surface area contributed by atoms with Crippen LogP contribution in [-0.4, -0.2) is 29.5 Å². The highest BCUT2D eigenvalue weighted by atomic mass is 32.2. The summed E-state index contributed by atoms with van der Waals surface area (Å²) < 4.78 is 28.9. The van der Waals surface area contributed by atoms with E-state index in [0.29, 0.717) is 16.9 Å². The van der Waals surface area contributed by atoms with Crippen LogP contribution in [0.25, 0.3) is 6.08 Å². The third-order valence-corrected chi connectivity index (χ3v) is 4.43. The van der Waals surface area contributed by atoms with Gasteiger partial charge in [-0.25, -0.2) is 8.42 Å². The van der Waals surface area contributed by atoms with E-state index in [2.05, 4.69) is 14.3 Å². The topological polar surface area (TPSA) is 89.0 Å². The Morgan fingerprint density at radius 1 is 1.33 bits per heavy atom. The largest absolute Gasteiger partial charge is 0.289 e. The van der Waals surface area contributed by atoms with Crippen molar-refractivity contribution in [3.05, 3.63) is 47.0 Å². The molecule has 1 aromatic heterocycles. The number of hydrogen-bond acceptors (Lipinski definition) is 6. The second kappa shape index (κ2) is 6.59. The fourth-order valence-electron chi connectivity index (χ4n) is 1.46. The average molecular weight is 323 g/mol. The van der Waals surface area contributed by atoms with Crippen molar-refractivity contribution >= 4 is 39.1 Å². The van der Waals surface area contributed by atoms with E-state index in [0.717, 1.165) is 0 Å². The van der Waals surface area contributed by atoms with Crippen LogP contribution >= 0.6 is 11.5 Å². The van der Waals surface area contributed by atoms with Gasteiger partial charge in [0, 0.05) is 16.6 Å². The number of benzene rings is 1. The minimum atomic E-state index is -3.31. The lowest BCUT2D eigenvalue weighted by Gasteiger charge is -2.05. The predicted octanol–water partition coefficient (Wildman–Crippen LogP) is 2.20. The van der Waals surface area contributed by atoms with Gasteiger partial charge in [0.2, 0.25) is 10.0 Å². The van der Waals surface area contributed by atoms with Crippen LogP contribution < -0.4 is 4.72 Å². The maximum absolute atomic E-state index is 11.9. The summed E-state index contributed by atoms with van der Waals surface area (Å²) in [6, 6.07) is 6.25. The van der Waals surface area contributed by atoms with Crippen molar-refractivity contribution in [1.82, 2.24) is 9.59 Å². The molecule has 0 fully saturated rings. The van der Waals surface area contributed by atoms with Gasteiger partial charge in [-0.15, -0.1) is 5.10 Å². The van der Waals surface area contributed by atoms with E-state index in [1.807, 2.05) is 0 Å². The number of carbonyl (C=O) groups excluding carboxylic acids is 1. The lowest BCUT2D eigenvalue weighted by Crippen LogP contribution is -2.14. The van der Waals surface area contributed by atoms with Crippen molar-refractivity contribution in [1.29, 1.82) is 0 Å². The van der Waals surface area contributed by atoms with Gasteiger partial charge in [0.15, 0.2) is 5.78 Å². The standard InChI is InChI=1S/C13H13N3O3S2/c1-2-21(18,19)15-11-5-3-10(4-6-11)13(17)8-7-12-9-20-16-14-12/h3-9,15H,2H2,1H3/b8-7+. The van der Waals surface area contributed by atoms with Crippen molar-refractivity contribution in [3.8, 4) is 0 Å². The molecule has 0 saturated carbocycles. The van der Waals surface area contributed by atoms with Crippen LogP contribution in [0.15, 0.2) is 35.7 Å². The Kier molecular flexibility index (Phi) is 4.81. The van der Waals surface area contributed by atoms with E-state index in [4.69, 9.17) is 0 Å². The van der Waals surface area contributed by atoms with Crippen LogP contribution in [0.2, 0.25) is 0 Å². The fourth-order valence-corrected chi connectivity index (χ4v) is 2.52. The van der Waals surface area contributed by atoms with Crippen molar-refractivity contribution in [2.24, 2.45) is 0 Å². The SMILES string of the molecule is CCS(=O)(=O)Nc1ccc(C(=O)/C=C/c2csnn2)cc1. The molecular formula is C13H13N3O3S2. The maximum atomic E-state index is 11.9. The van der Waals surface area contributed by atoms with Gasteiger partial charge in [0.25, 0.3) is 0 Å². The molecule has 0 aliphatic carbocycles. The number of ketones is 1. The van der Waals surface area contributed by atoms with Crippen LogP contribution in [0, 0.1) is 0 Å². The highest BCUT2D eigenvalue weighted by Crippen LogP contribution is 2.13. The number of nitrogens with one attached hydrogen (secondary N) is 1. The minimum Gasteiger partial charge on any atom is -0.289 e.